The lowest BCUT2D eigenvalue weighted by Crippen LogP contribution is -2.44. The zero-order valence-corrected chi connectivity index (χ0v) is 10.9. The van der Waals surface area contributed by atoms with Crippen molar-refractivity contribution in [1.29, 1.82) is 0 Å². The molecule has 6 unspecified atom stereocenters. The van der Waals surface area contributed by atoms with Crippen molar-refractivity contribution in [3.63, 3.8) is 0 Å². The van der Waals surface area contributed by atoms with E-state index in [9.17, 15) is 9.59 Å². The number of carbonyl (C=O) groups is 2. The number of fused-ring (bicyclic) bond motifs is 2. The van der Waals surface area contributed by atoms with Crippen LogP contribution in [-0.2, 0) is 9.59 Å². The van der Waals surface area contributed by atoms with Crippen molar-refractivity contribution in [2.45, 2.75) is 51.4 Å². The number of hydrogen-bond donors (Lipinski definition) is 0. The number of ketones is 2. The zero-order chi connectivity index (χ0) is 12.3. The minimum Gasteiger partial charge on any atom is -0.291 e. The van der Waals surface area contributed by atoms with Crippen LogP contribution in [0.2, 0.25) is 0 Å². The molecule has 18 heavy (non-hydrogen) atoms. The lowest BCUT2D eigenvalue weighted by molar-refractivity contribution is -0.137. The van der Waals surface area contributed by atoms with Crippen LogP contribution in [0.25, 0.3) is 0 Å². The van der Waals surface area contributed by atoms with Gasteiger partial charge in [0.1, 0.15) is 0 Å². The Morgan fingerprint density at radius 1 is 0.722 bits per heavy atom. The maximum Gasteiger partial charge on any atom is 0.202 e. The third kappa shape index (κ3) is 1.35. The molecule has 0 saturated heterocycles. The minimum absolute atomic E-state index is 0.00773. The van der Waals surface area contributed by atoms with Crippen molar-refractivity contribution >= 4 is 11.6 Å². The molecular weight excluding hydrogens is 224 g/mol. The lowest BCUT2D eigenvalue weighted by Gasteiger charge is -2.50. The summed E-state index contributed by atoms with van der Waals surface area (Å²) < 4.78 is 0. The van der Waals surface area contributed by atoms with Crippen LogP contribution in [0.3, 0.4) is 0 Å². The summed E-state index contributed by atoms with van der Waals surface area (Å²) in [5.41, 5.74) is 0. The summed E-state index contributed by atoms with van der Waals surface area (Å²) >= 11 is 0. The third-order valence-electron chi connectivity index (χ3n) is 6.47. The van der Waals surface area contributed by atoms with E-state index in [1.165, 1.54) is 38.5 Å². The Morgan fingerprint density at radius 3 is 2.33 bits per heavy atom. The van der Waals surface area contributed by atoms with Crippen LogP contribution in [-0.4, -0.2) is 11.6 Å². The molecule has 4 aliphatic carbocycles. The molecule has 0 aromatic carbocycles. The lowest BCUT2D eigenvalue weighted by atomic mass is 9.54. The van der Waals surface area contributed by atoms with Gasteiger partial charge in [0.2, 0.25) is 11.6 Å². The van der Waals surface area contributed by atoms with Gasteiger partial charge in [-0.25, -0.2) is 0 Å². The van der Waals surface area contributed by atoms with E-state index in [1.807, 2.05) is 0 Å². The predicted octanol–water partition coefficient (Wildman–Crippen LogP) is 3.00. The van der Waals surface area contributed by atoms with Gasteiger partial charge in [-0.1, -0.05) is 25.7 Å². The van der Waals surface area contributed by atoms with Gasteiger partial charge in [0.15, 0.2) is 0 Å². The fourth-order valence-corrected chi connectivity index (χ4v) is 5.86. The van der Waals surface area contributed by atoms with E-state index in [1.54, 1.807) is 0 Å². The highest BCUT2D eigenvalue weighted by Gasteiger charge is 2.58. The van der Waals surface area contributed by atoms with Crippen LogP contribution >= 0.6 is 0 Å². The molecule has 0 heterocycles. The van der Waals surface area contributed by atoms with Crippen LogP contribution in [0, 0.1) is 35.5 Å². The Labute approximate surface area is 109 Å². The first-order valence-corrected chi connectivity index (χ1v) is 7.85. The highest BCUT2D eigenvalue weighted by Crippen LogP contribution is 2.58. The average Bonchev–Trinajstić information content (AvgIpc) is 2.66. The molecule has 0 aromatic rings. The molecule has 2 nitrogen and oxygen atoms in total. The van der Waals surface area contributed by atoms with Gasteiger partial charge in [-0.05, 0) is 49.4 Å². The number of Topliss-reactive ketones (excluding diaryl/α,β-unsaturated/α-hetero) is 2. The molecule has 4 rings (SSSR count). The Hall–Kier alpha value is -0.660. The maximum absolute atomic E-state index is 12.2. The summed E-state index contributed by atoms with van der Waals surface area (Å²) in [5, 5.41) is 0. The second-order valence-electron chi connectivity index (χ2n) is 7.06. The second-order valence-corrected chi connectivity index (χ2v) is 7.06. The molecule has 98 valence electrons. The third-order valence-corrected chi connectivity index (χ3v) is 6.47. The molecule has 0 aliphatic heterocycles. The van der Waals surface area contributed by atoms with Crippen molar-refractivity contribution in [1.82, 2.24) is 0 Å². The van der Waals surface area contributed by atoms with E-state index in [2.05, 4.69) is 0 Å². The fourth-order valence-electron chi connectivity index (χ4n) is 5.86. The molecule has 6 atom stereocenters. The molecule has 0 amide bonds. The van der Waals surface area contributed by atoms with Crippen LogP contribution in [0.15, 0.2) is 0 Å². The summed E-state index contributed by atoms with van der Waals surface area (Å²) in [5.74, 6) is 3.06. The Bertz CT molecular complexity index is 400. The number of carbonyl (C=O) groups excluding carboxylic acids is 2. The monoisotopic (exact) mass is 246 g/mol. The van der Waals surface area contributed by atoms with Gasteiger partial charge in [-0.2, -0.15) is 0 Å². The van der Waals surface area contributed by atoms with Gasteiger partial charge in [-0.15, -0.1) is 0 Å². The van der Waals surface area contributed by atoms with E-state index in [0.717, 1.165) is 24.7 Å². The fraction of sp³-hybridized carbons (Fsp3) is 0.875. The Balaban J connectivity index is 1.72. The Morgan fingerprint density at radius 2 is 1.44 bits per heavy atom. The SMILES string of the molecule is O=C1C(=O)C2CC3CCCCC3C3CCCC1C23. The predicted molar refractivity (Wildman–Crippen MR) is 67.9 cm³/mol. The van der Waals surface area contributed by atoms with Gasteiger partial charge < -0.3 is 0 Å². The first-order valence-electron chi connectivity index (χ1n) is 7.85. The van der Waals surface area contributed by atoms with Gasteiger partial charge in [0.05, 0.1) is 0 Å². The van der Waals surface area contributed by atoms with Gasteiger partial charge >= 0.3 is 0 Å². The standard InChI is InChI=1S/C16H22O2/c17-15-12-7-3-6-11-10-5-2-1-4-9(10)8-13(14(11)12)16(15)18/h9-14H,1-8H2. The van der Waals surface area contributed by atoms with Crippen molar-refractivity contribution in [3.05, 3.63) is 0 Å². The summed E-state index contributed by atoms with van der Waals surface area (Å²) in [6, 6.07) is 0. The molecule has 0 aromatic heterocycles. The van der Waals surface area contributed by atoms with E-state index in [0.29, 0.717) is 11.8 Å². The number of hydrogen-bond acceptors (Lipinski definition) is 2. The number of rotatable bonds is 0. The first-order chi connectivity index (χ1) is 8.77. The van der Waals surface area contributed by atoms with Crippen molar-refractivity contribution in [2.75, 3.05) is 0 Å². The second kappa shape index (κ2) is 3.91. The van der Waals surface area contributed by atoms with E-state index >= 15 is 0 Å². The summed E-state index contributed by atoms with van der Waals surface area (Å²) in [6.07, 6.45) is 9.93. The van der Waals surface area contributed by atoms with E-state index in [-0.39, 0.29) is 23.4 Å². The molecule has 0 N–H and O–H groups in total. The molecule has 4 aliphatic rings. The molecule has 0 radical (unpaired) electrons. The summed E-state index contributed by atoms with van der Waals surface area (Å²) in [6.45, 7) is 0. The van der Waals surface area contributed by atoms with Crippen LogP contribution < -0.4 is 0 Å². The highest BCUT2D eigenvalue weighted by atomic mass is 16.2. The quantitative estimate of drug-likeness (QED) is 0.616. The van der Waals surface area contributed by atoms with Crippen molar-refractivity contribution in [2.24, 2.45) is 35.5 Å². The van der Waals surface area contributed by atoms with Crippen molar-refractivity contribution < 1.29 is 9.59 Å². The normalized spacial score (nSPS) is 50.9. The zero-order valence-electron chi connectivity index (χ0n) is 10.9. The topological polar surface area (TPSA) is 34.1 Å². The molecule has 0 spiro atoms. The molecular formula is C16H22O2. The maximum atomic E-state index is 12.2. The molecule has 2 heteroatoms. The van der Waals surface area contributed by atoms with Gasteiger partial charge in [0.25, 0.3) is 0 Å². The van der Waals surface area contributed by atoms with Gasteiger partial charge in [0, 0.05) is 11.8 Å². The highest BCUT2D eigenvalue weighted by molar-refractivity contribution is 6.41. The van der Waals surface area contributed by atoms with Crippen LogP contribution in [0.4, 0.5) is 0 Å². The molecule has 4 saturated carbocycles. The van der Waals surface area contributed by atoms with Gasteiger partial charge in [-0.3, -0.25) is 9.59 Å². The minimum atomic E-state index is 0.00773. The summed E-state index contributed by atoms with van der Waals surface area (Å²) in [7, 11) is 0. The van der Waals surface area contributed by atoms with Crippen LogP contribution in [0.5, 0.6) is 0 Å². The average molecular weight is 246 g/mol. The smallest absolute Gasteiger partial charge is 0.202 e. The molecule has 0 bridgehead atoms. The van der Waals surface area contributed by atoms with E-state index in [4.69, 9.17) is 0 Å². The van der Waals surface area contributed by atoms with E-state index < -0.39 is 0 Å². The van der Waals surface area contributed by atoms with Crippen LogP contribution in [0.1, 0.15) is 51.4 Å². The molecule has 4 fully saturated rings. The first kappa shape index (κ1) is 11.2. The van der Waals surface area contributed by atoms with Crippen molar-refractivity contribution in [3.8, 4) is 0 Å². The Kier molecular flexibility index (Phi) is 2.43. The summed E-state index contributed by atoms with van der Waals surface area (Å²) in [4.78, 5) is 24.3. The largest absolute Gasteiger partial charge is 0.291 e.